The van der Waals surface area contributed by atoms with Crippen LogP contribution in [0, 0.1) is 11.3 Å². The highest BCUT2D eigenvalue weighted by molar-refractivity contribution is 6.52. The Hall–Kier alpha value is -4.61. The number of hydrogen-bond acceptors (Lipinski definition) is 7. The molecule has 1 heterocycles. The summed E-state index contributed by atoms with van der Waals surface area (Å²) in [6, 6.07) is 18.0. The van der Waals surface area contributed by atoms with Gasteiger partial charge in [0.1, 0.15) is 17.3 Å². The molecule has 0 radical (unpaired) electrons. The first-order valence-corrected chi connectivity index (χ1v) is 11.6. The molecule has 1 atom stereocenters. The monoisotopic (exact) mass is 516 g/mol. The lowest BCUT2D eigenvalue weighted by molar-refractivity contribution is -0.132. The number of carbonyl (C=O) groups excluding carboxylic acids is 3. The van der Waals surface area contributed by atoms with Crippen molar-refractivity contribution in [2.24, 2.45) is 0 Å². The van der Waals surface area contributed by atoms with E-state index in [1.165, 1.54) is 48.2 Å². The standard InChI is InChI=1S/C28H21ClN2O6/c1-3-36-21-12-13-23(29)22(14-21)26(33)24-25(18-6-10-20(11-7-18)37-16(2)32)31(28(35)27(24)34)19-8-4-17(15-30)5-9-19/h4-14,25,33H,3H2,1-2H3/b26-24+. The van der Waals surface area contributed by atoms with Crippen LogP contribution in [0.15, 0.2) is 72.3 Å². The molecule has 0 spiro atoms. The van der Waals surface area contributed by atoms with E-state index in [2.05, 4.69) is 0 Å². The SMILES string of the molecule is CCOc1ccc(Cl)c(/C(O)=C2\C(=O)C(=O)N(c3ccc(C#N)cc3)C2c2ccc(OC(C)=O)cc2)c1. The third-order valence-corrected chi connectivity index (χ3v) is 6.01. The quantitative estimate of drug-likeness (QED) is 0.158. The molecule has 37 heavy (non-hydrogen) atoms. The molecule has 186 valence electrons. The smallest absolute Gasteiger partial charge is 0.308 e. The van der Waals surface area contributed by atoms with Gasteiger partial charge in [-0.05, 0) is 67.1 Å². The highest BCUT2D eigenvalue weighted by Gasteiger charge is 2.47. The van der Waals surface area contributed by atoms with Gasteiger partial charge in [-0.2, -0.15) is 5.26 Å². The van der Waals surface area contributed by atoms with Gasteiger partial charge in [-0.25, -0.2) is 0 Å². The minimum Gasteiger partial charge on any atom is -0.507 e. The number of aliphatic hydroxyl groups excluding tert-OH is 1. The summed E-state index contributed by atoms with van der Waals surface area (Å²) < 4.78 is 10.6. The van der Waals surface area contributed by atoms with Crippen LogP contribution >= 0.6 is 11.6 Å². The molecule has 1 saturated heterocycles. The van der Waals surface area contributed by atoms with Crippen molar-refractivity contribution in [2.75, 3.05) is 11.5 Å². The Morgan fingerprint density at radius 1 is 1.05 bits per heavy atom. The molecule has 1 aliphatic rings. The van der Waals surface area contributed by atoms with Crippen molar-refractivity contribution in [3.05, 3.63) is 94.0 Å². The van der Waals surface area contributed by atoms with Crippen molar-refractivity contribution in [1.29, 1.82) is 5.26 Å². The number of carbonyl (C=O) groups is 3. The van der Waals surface area contributed by atoms with Crippen molar-refractivity contribution in [2.45, 2.75) is 19.9 Å². The molecule has 1 aliphatic heterocycles. The number of hydrogen-bond donors (Lipinski definition) is 1. The molecule has 1 fully saturated rings. The first kappa shape index (κ1) is 25.5. The van der Waals surface area contributed by atoms with Gasteiger partial charge in [0.15, 0.2) is 0 Å². The zero-order valence-electron chi connectivity index (χ0n) is 19.9. The Bertz CT molecular complexity index is 1460. The third-order valence-electron chi connectivity index (χ3n) is 5.68. The van der Waals surface area contributed by atoms with Crippen molar-refractivity contribution in [3.63, 3.8) is 0 Å². The predicted octanol–water partition coefficient (Wildman–Crippen LogP) is 5.16. The van der Waals surface area contributed by atoms with Crippen LogP contribution in [0.4, 0.5) is 5.69 Å². The van der Waals surface area contributed by atoms with E-state index >= 15 is 0 Å². The summed E-state index contributed by atoms with van der Waals surface area (Å²) in [6.07, 6.45) is 0. The first-order chi connectivity index (χ1) is 17.7. The molecular formula is C28H21ClN2O6. The number of ketones is 1. The largest absolute Gasteiger partial charge is 0.507 e. The topological polar surface area (TPSA) is 117 Å². The predicted molar refractivity (Wildman–Crippen MR) is 136 cm³/mol. The normalized spacial score (nSPS) is 16.4. The van der Waals surface area contributed by atoms with E-state index < -0.39 is 29.5 Å². The molecule has 4 rings (SSSR count). The molecular weight excluding hydrogens is 496 g/mol. The zero-order valence-corrected chi connectivity index (χ0v) is 20.7. The molecule has 8 nitrogen and oxygen atoms in total. The summed E-state index contributed by atoms with van der Waals surface area (Å²) in [5, 5.41) is 20.7. The van der Waals surface area contributed by atoms with Gasteiger partial charge < -0.3 is 14.6 Å². The number of anilines is 1. The molecule has 3 aromatic carbocycles. The summed E-state index contributed by atoms with van der Waals surface area (Å²) >= 11 is 6.36. The lowest BCUT2D eigenvalue weighted by Crippen LogP contribution is -2.29. The second-order valence-corrected chi connectivity index (χ2v) is 8.47. The Labute approximate surface area is 217 Å². The van der Waals surface area contributed by atoms with Crippen molar-refractivity contribution >= 4 is 40.7 Å². The molecule has 0 bridgehead atoms. The number of nitriles is 1. The lowest BCUT2D eigenvalue weighted by atomic mass is 9.95. The van der Waals surface area contributed by atoms with Gasteiger partial charge in [-0.3, -0.25) is 19.3 Å². The van der Waals surface area contributed by atoms with Crippen LogP contribution in [-0.4, -0.2) is 29.4 Å². The summed E-state index contributed by atoms with van der Waals surface area (Å²) in [5.41, 5.74) is 1.15. The Kier molecular flexibility index (Phi) is 7.27. The summed E-state index contributed by atoms with van der Waals surface area (Å²) in [4.78, 5) is 39.2. The van der Waals surface area contributed by atoms with E-state index in [4.69, 9.17) is 26.3 Å². The number of aliphatic hydroxyl groups is 1. The van der Waals surface area contributed by atoms with Crippen LogP contribution in [0.2, 0.25) is 5.02 Å². The minimum atomic E-state index is -1.04. The van der Waals surface area contributed by atoms with Crippen molar-refractivity contribution in [1.82, 2.24) is 0 Å². The van der Waals surface area contributed by atoms with Crippen LogP contribution in [-0.2, 0) is 14.4 Å². The average molecular weight is 517 g/mol. The number of nitrogens with zero attached hydrogens (tertiary/aromatic N) is 2. The van der Waals surface area contributed by atoms with Crippen molar-refractivity contribution < 1.29 is 29.0 Å². The summed E-state index contributed by atoms with van der Waals surface area (Å²) in [7, 11) is 0. The number of esters is 1. The maximum Gasteiger partial charge on any atom is 0.308 e. The second-order valence-electron chi connectivity index (χ2n) is 8.07. The van der Waals surface area contributed by atoms with E-state index in [-0.39, 0.29) is 21.9 Å². The second kappa shape index (κ2) is 10.6. The molecule has 1 N–H and O–H groups in total. The Morgan fingerprint density at radius 2 is 1.70 bits per heavy atom. The minimum absolute atomic E-state index is 0.131. The molecule has 0 saturated carbocycles. The maximum absolute atomic E-state index is 13.3. The van der Waals surface area contributed by atoms with Crippen LogP contribution < -0.4 is 14.4 Å². The van der Waals surface area contributed by atoms with Gasteiger partial charge in [0.25, 0.3) is 11.7 Å². The molecule has 9 heteroatoms. The first-order valence-electron chi connectivity index (χ1n) is 11.3. The number of Topliss-reactive ketones (excluding diaryl/α,β-unsaturated/α-hetero) is 1. The third kappa shape index (κ3) is 5.03. The number of benzene rings is 3. The van der Waals surface area contributed by atoms with Gasteiger partial charge >= 0.3 is 5.97 Å². The Balaban J connectivity index is 1.91. The number of halogens is 1. The van der Waals surface area contributed by atoms with Gasteiger partial charge in [0.05, 0.1) is 34.9 Å². The summed E-state index contributed by atoms with van der Waals surface area (Å²) in [6.45, 7) is 3.45. The van der Waals surface area contributed by atoms with E-state index in [0.29, 0.717) is 29.2 Å². The van der Waals surface area contributed by atoms with Crippen molar-refractivity contribution in [3.8, 4) is 17.6 Å². The number of ether oxygens (including phenoxy) is 2. The highest BCUT2D eigenvalue weighted by Crippen LogP contribution is 2.43. The zero-order chi connectivity index (χ0) is 26.7. The van der Waals surface area contributed by atoms with Crippen LogP contribution in [0.3, 0.4) is 0 Å². The molecule has 0 aromatic heterocycles. The fraction of sp³-hybridized carbons (Fsp3) is 0.143. The van der Waals surface area contributed by atoms with Gasteiger partial charge in [0.2, 0.25) is 0 Å². The fourth-order valence-electron chi connectivity index (χ4n) is 4.08. The molecule has 3 aromatic rings. The fourth-order valence-corrected chi connectivity index (χ4v) is 4.29. The Morgan fingerprint density at radius 3 is 2.30 bits per heavy atom. The summed E-state index contributed by atoms with van der Waals surface area (Å²) in [5.74, 6) is -2.03. The van der Waals surface area contributed by atoms with Crippen LogP contribution in [0.1, 0.15) is 36.6 Å². The van der Waals surface area contributed by atoms with Crippen LogP contribution in [0.25, 0.3) is 5.76 Å². The van der Waals surface area contributed by atoms with E-state index in [1.54, 1.807) is 37.3 Å². The number of rotatable bonds is 6. The van der Waals surface area contributed by atoms with E-state index in [0.717, 1.165) is 0 Å². The van der Waals surface area contributed by atoms with Gasteiger partial charge in [-0.1, -0.05) is 23.7 Å². The number of amides is 1. The van der Waals surface area contributed by atoms with Gasteiger partial charge in [0, 0.05) is 18.2 Å². The average Bonchev–Trinajstić information content (AvgIpc) is 3.15. The lowest BCUT2D eigenvalue weighted by Gasteiger charge is -2.25. The van der Waals surface area contributed by atoms with Gasteiger partial charge in [-0.15, -0.1) is 0 Å². The highest BCUT2D eigenvalue weighted by atomic mass is 35.5. The van der Waals surface area contributed by atoms with Crippen LogP contribution in [0.5, 0.6) is 11.5 Å². The molecule has 0 aliphatic carbocycles. The van der Waals surface area contributed by atoms with E-state index in [9.17, 15) is 19.5 Å². The molecule has 1 amide bonds. The maximum atomic E-state index is 13.3. The molecule has 1 unspecified atom stereocenters. The van der Waals surface area contributed by atoms with E-state index in [1.807, 2.05) is 6.07 Å².